The van der Waals surface area contributed by atoms with Gasteiger partial charge >= 0.3 is 0 Å². The largest absolute Gasteiger partial charge is 0.361 e. The Labute approximate surface area is 117 Å². The first-order chi connectivity index (χ1) is 8.64. The van der Waals surface area contributed by atoms with E-state index in [2.05, 4.69) is 0 Å². The van der Waals surface area contributed by atoms with Crippen LogP contribution >= 0.6 is 23.5 Å². The van der Waals surface area contributed by atoms with Gasteiger partial charge in [0, 0.05) is 19.6 Å². The van der Waals surface area contributed by atoms with Gasteiger partial charge < -0.3 is 19.3 Å². The molecule has 1 atom stereocenters. The number of aliphatic hydroxyl groups is 1. The molecule has 0 aromatic carbocycles. The van der Waals surface area contributed by atoms with Crippen molar-refractivity contribution in [1.82, 2.24) is 0 Å². The lowest BCUT2D eigenvalue weighted by Crippen LogP contribution is -2.46. The Hall–Kier alpha value is 0.540. The lowest BCUT2D eigenvalue weighted by atomic mass is 10.1. The van der Waals surface area contributed by atoms with Gasteiger partial charge in [0.15, 0.2) is 0 Å². The summed E-state index contributed by atoms with van der Waals surface area (Å²) < 4.78 is 16.6. The lowest BCUT2D eigenvalue weighted by molar-refractivity contribution is -0.318. The summed E-state index contributed by atoms with van der Waals surface area (Å²) >= 11 is 3.79. The van der Waals surface area contributed by atoms with E-state index in [9.17, 15) is 5.11 Å². The zero-order chi connectivity index (χ0) is 13.1. The van der Waals surface area contributed by atoms with Crippen LogP contribution in [0.2, 0.25) is 0 Å². The van der Waals surface area contributed by atoms with E-state index in [1.54, 1.807) is 0 Å². The number of thioether (sulfide) groups is 2. The minimum absolute atomic E-state index is 0.0144. The summed E-state index contributed by atoms with van der Waals surface area (Å²) in [5.41, 5.74) is 0. The Morgan fingerprint density at radius 2 is 1.83 bits per heavy atom. The molecule has 106 valence electrons. The zero-order valence-electron chi connectivity index (χ0n) is 11.0. The quantitative estimate of drug-likeness (QED) is 0.783. The van der Waals surface area contributed by atoms with Gasteiger partial charge in [-0.1, -0.05) is 0 Å². The summed E-state index contributed by atoms with van der Waals surface area (Å²) in [5, 5.41) is 10.6. The molecule has 0 amide bonds. The van der Waals surface area contributed by atoms with E-state index in [0.29, 0.717) is 26.2 Å². The van der Waals surface area contributed by atoms with Crippen molar-refractivity contribution in [3.05, 3.63) is 0 Å². The maximum Gasteiger partial charge on any atom is 0.220 e. The SMILES string of the molecule is CCOC(OCC)C1(O)CC2(CO1)SCCCS2. The zero-order valence-corrected chi connectivity index (χ0v) is 12.6. The van der Waals surface area contributed by atoms with E-state index < -0.39 is 12.1 Å². The number of rotatable bonds is 5. The van der Waals surface area contributed by atoms with Crippen LogP contribution in [0.1, 0.15) is 26.7 Å². The molecule has 1 unspecified atom stereocenters. The fraction of sp³-hybridized carbons (Fsp3) is 1.00. The average molecular weight is 294 g/mol. The van der Waals surface area contributed by atoms with Crippen LogP contribution in [0.5, 0.6) is 0 Å². The first-order valence-electron chi connectivity index (χ1n) is 6.51. The highest BCUT2D eigenvalue weighted by molar-refractivity contribution is 8.18. The summed E-state index contributed by atoms with van der Waals surface area (Å²) in [5.74, 6) is 0.976. The van der Waals surface area contributed by atoms with Crippen LogP contribution in [0, 0.1) is 0 Å². The third-order valence-electron chi connectivity index (χ3n) is 3.09. The second-order valence-corrected chi connectivity index (χ2v) is 7.73. The molecule has 0 radical (unpaired) electrons. The van der Waals surface area contributed by atoms with Crippen LogP contribution in [0.3, 0.4) is 0 Å². The molecule has 0 bridgehead atoms. The number of hydrogen-bond acceptors (Lipinski definition) is 6. The molecule has 2 heterocycles. The maximum atomic E-state index is 10.6. The van der Waals surface area contributed by atoms with E-state index in [1.807, 2.05) is 37.4 Å². The molecule has 0 saturated carbocycles. The molecule has 6 heteroatoms. The normalized spacial score (nSPS) is 31.3. The van der Waals surface area contributed by atoms with Crippen molar-refractivity contribution in [2.75, 3.05) is 31.3 Å². The third-order valence-corrected chi connectivity index (χ3v) is 6.36. The molecule has 0 aromatic heterocycles. The average Bonchev–Trinajstić information content (AvgIpc) is 2.69. The Morgan fingerprint density at radius 3 is 2.39 bits per heavy atom. The highest BCUT2D eigenvalue weighted by Crippen LogP contribution is 2.52. The topological polar surface area (TPSA) is 47.9 Å². The Morgan fingerprint density at radius 1 is 1.22 bits per heavy atom. The molecule has 2 saturated heterocycles. The second-order valence-electron chi connectivity index (χ2n) is 4.51. The molecule has 1 spiro atoms. The smallest absolute Gasteiger partial charge is 0.220 e. The fourth-order valence-electron chi connectivity index (χ4n) is 2.29. The molecule has 4 nitrogen and oxygen atoms in total. The standard InChI is InChI=1S/C12H22O4S2/c1-3-14-10(15-4-2)12(13)8-11(9-16-12)17-6-5-7-18-11/h10,13H,3-9H2,1-2H3. The third kappa shape index (κ3) is 3.16. The Kier molecular flexibility index (Phi) is 5.25. The van der Waals surface area contributed by atoms with Gasteiger partial charge in [0.2, 0.25) is 12.1 Å². The summed E-state index contributed by atoms with van der Waals surface area (Å²) in [6.07, 6.45) is 1.12. The second kappa shape index (κ2) is 6.33. The van der Waals surface area contributed by atoms with Crippen LogP contribution < -0.4 is 0 Å². The molecule has 18 heavy (non-hydrogen) atoms. The summed E-state index contributed by atoms with van der Waals surface area (Å²) in [7, 11) is 0. The van der Waals surface area contributed by atoms with Crippen molar-refractivity contribution in [3.63, 3.8) is 0 Å². The minimum atomic E-state index is -1.30. The van der Waals surface area contributed by atoms with E-state index in [1.165, 1.54) is 6.42 Å². The maximum absolute atomic E-state index is 10.6. The summed E-state index contributed by atoms with van der Waals surface area (Å²) in [6.45, 7) is 5.36. The predicted molar refractivity (Wildman–Crippen MR) is 74.8 cm³/mol. The first kappa shape index (κ1) is 14.9. The van der Waals surface area contributed by atoms with Crippen molar-refractivity contribution in [1.29, 1.82) is 0 Å². The van der Waals surface area contributed by atoms with Crippen LogP contribution in [0.4, 0.5) is 0 Å². The number of ether oxygens (including phenoxy) is 3. The minimum Gasteiger partial charge on any atom is -0.361 e. The lowest BCUT2D eigenvalue weighted by Gasteiger charge is -2.34. The Balaban J connectivity index is 2.02. The fourth-order valence-corrected chi connectivity index (χ4v) is 5.53. The highest BCUT2D eigenvalue weighted by atomic mass is 32.2. The molecule has 1 N–H and O–H groups in total. The molecule has 0 aliphatic carbocycles. The van der Waals surface area contributed by atoms with Crippen molar-refractivity contribution in [3.8, 4) is 0 Å². The molecule has 2 aliphatic rings. The van der Waals surface area contributed by atoms with Crippen LogP contribution in [-0.2, 0) is 14.2 Å². The van der Waals surface area contributed by atoms with E-state index in [-0.39, 0.29) is 4.08 Å². The van der Waals surface area contributed by atoms with E-state index >= 15 is 0 Å². The first-order valence-corrected chi connectivity index (χ1v) is 8.49. The summed E-state index contributed by atoms with van der Waals surface area (Å²) in [4.78, 5) is 0. The molecular weight excluding hydrogens is 272 g/mol. The van der Waals surface area contributed by atoms with Crippen molar-refractivity contribution < 1.29 is 19.3 Å². The van der Waals surface area contributed by atoms with Gasteiger partial charge in [-0.2, -0.15) is 0 Å². The van der Waals surface area contributed by atoms with Crippen LogP contribution in [0.25, 0.3) is 0 Å². The highest BCUT2D eigenvalue weighted by Gasteiger charge is 2.55. The number of hydrogen-bond donors (Lipinski definition) is 1. The van der Waals surface area contributed by atoms with Crippen molar-refractivity contribution >= 4 is 23.5 Å². The van der Waals surface area contributed by atoms with Gasteiger partial charge in [0.05, 0.1) is 10.7 Å². The molecule has 0 aromatic rings. The molecule has 2 fully saturated rings. The molecule has 2 rings (SSSR count). The monoisotopic (exact) mass is 294 g/mol. The summed E-state index contributed by atoms with van der Waals surface area (Å²) in [6, 6.07) is 0. The molecule has 2 aliphatic heterocycles. The van der Waals surface area contributed by atoms with Crippen LogP contribution in [0.15, 0.2) is 0 Å². The van der Waals surface area contributed by atoms with E-state index in [0.717, 1.165) is 11.5 Å². The van der Waals surface area contributed by atoms with Gasteiger partial charge in [-0.15, -0.1) is 23.5 Å². The predicted octanol–water partition coefficient (Wildman–Crippen LogP) is 2.06. The van der Waals surface area contributed by atoms with Gasteiger partial charge in [-0.25, -0.2) is 0 Å². The van der Waals surface area contributed by atoms with E-state index in [4.69, 9.17) is 14.2 Å². The van der Waals surface area contributed by atoms with Crippen molar-refractivity contribution in [2.45, 2.75) is 42.8 Å². The van der Waals surface area contributed by atoms with Crippen molar-refractivity contribution in [2.24, 2.45) is 0 Å². The van der Waals surface area contributed by atoms with Gasteiger partial charge in [0.1, 0.15) is 0 Å². The van der Waals surface area contributed by atoms with Gasteiger partial charge in [-0.05, 0) is 31.8 Å². The van der Waals surface area contributed by atoms with Gasteiger partial charge in [-0.3, -0.25) is 0 Å². The van der Waals surface area contributed by atoms with Gasteiger partial charge in [0.25, 0.3) is 0 Å². The Bertz CT molecular complexity index is 265. The molecular formula is C12H22O4S2. The van der Waals surface area contributed by atoms with Crippen LogP contribution in [-0.4, -0.2) is 52.6 Å².